The van der Waals surface area contributed by atoms with Crippen LogP contribution in [0.2, 0.25) is 0 Å². The van der Waals surface area contributed by atoms with Crippen molar-refractivity contribution in [3.8, 4) is 0 Å². The number of nitrogens with zero attached hydrogens (tertiary/aromatic N) is 3. The second-order valence-corrected chi connectivity index (χ2v) is 3.46. The number of carboxylic acid groups (broad SMARTS) is 1. The summed E-state index contributed by atoms with van der Waals surface area (Å²) in [6.45, 7) is -0.190. The van der Waals surface area contributed by atoms with Gasteiger partial charge >= 0.3 is 5.97 Å². The lowest BCUT2D eigenvalue weighted by atomic mass is 10.4. The van der Waals surface area contributed by atoms with Gasteiger partial charge in [-0.25, -0.2) is 0 Å². The van der Waals surface area contributed by atoms with E-state index < -0.39 is 5.97 Å². The largest absolute Gasteiger partial charge is 0.481 e. The van der Waals surface area contributed by atoms with Gasteiger partial charge in [-0.1, -0.05) is 5.16 Å². The molecule has 0 aliphatic heterocycles. The van der Waals surface area contributed by atoms with E-state index in [9.17, 15) is 14.4 Å². The highest BCUT2D eigenvalue weighted by Gasteiger charge is 2.12. The highest BCUT2D eigenvalue weighted by atomic mass is 32.1. The predicted molar refractivity (Wildman–Crippen MR) is 60.0 cm³/mol. The third-order valence-electron chi connectivity index (χ3n) is 1.48. The Bertz CT molecular complexity index is 472. The van der Waals surface area contributed by atoms with E-state index in [1.54, 1.807) is 0 Å². The van der Waals surface area contributed by atoms with Gasteiger partial charge in [0.25, 0.3) is 6.29 Å². The molecule has 0 saturated carbocycles. The SMILES string of the molecule is O=[C]C(=NOCCC(=O)O)c1nsc(NC=O)n1. The van der Waals surface area contributed by atoms with Crippen molar-refractivity contribution < 1.29 is 24.3 Å². The maximum Gasteiger partial charge on any atom is 0.306 e. The standard InChI is InChI=1S/C8H7N4O5S/c13-3-5(11-17-2-1-6(15)16)7-10-8(9-4-14)18-12-7/h4H,1-2H2,(H,15,16)(H,9,10,12,14). The summed E-state index contributed by atoms with van der Waals surface area (Å²) in [4.78, 5) is 39.3. The number of oxime groups is 1. The molecule has 0 aromatic carbocycles. The first-order valence-corrected chi connectivity index (χ1v) is 5.29. The third-order valence-corrected chi connectivity index (χ3v) is 2.13. The number of rotatable bonds is 8. The molecule has 1 aromatic rings. The van der Waals surface area contributed by atoms with Crippen LogP contribution in [0.25, 0.3) is 0 Å². The average Bonchev–Trinajstić information content (AvgIpc) is 2.78. The Labute approximate surface area is 105 Å². The number of nitrogens with one attached hydrogen (secondary N) is 1. The van der Waals surface area contributed by atoms with Crippen LogP contribution in [0.15, 0.2) is 5.16 Å². The van der Waals surface area contributed by atoms with Gasteiger partial charge in [0.15, 0.2) is 5.71 Å². The Hall–Kier alpha value is -2.36. The molecular weight excluding hydrogens is 264 g/mol. The molecule has 1 radical (unpaired) electrons. The zero-order valence-electron chi connectivity index (χ0n) is 8.82. The van der Waals surface area contributed by atoms with Crippen LogP contribution in [0.1, 0.15) is 12.2 Å². The molecule has 2 N–H and O–H groups in total. The van der Waals surface area contributed by atoms with Crippen LogP contribution in [0.4, 0.5) is 5.13 Å². The van der Waals surface area contributed by atoms with E-state index in [-0.39, 0.29) is 29.7 Å². The van der Waals surface area contributed by atoms with Crippen molar-refractivity contribution in [1.82, 2.24) is 9.36 Å². The molecule has 0 fully saturated rings. The van der Waals surface area contributed by atoms with E-state index >= 15 is 0 Å². The lowest BCUT2D eigenvalue weighted by molar-refractivity contribution is -0.138. The number of carbonyl (C=O) groups is 2. The van der Waals surface area contributed by atoms with Crippen molar-refractivity contribution >= 4 is 41.0 Å². The molecule has 1 heterocycles. The maximum absolute atomic E-state index is 10.6. The number of amides is 1. The smallest absolute Gasteiger partial charge is 0.306 e. The fraction of sp³-hybridized carbons (Fsp3) is 0.250. The van der Waals surface area contributed by atoms with Crippen LogP contribution < -0.4 is 5.32 Å². The first-order valence-electron chi connectivity index (χ1n) is 4.51. The zero-order valence-corrected chi connectivity index (χ0v) is 9.64. The zero-order chi connectivity index (χ0) is 13.4. The van der Waals surface area contributed by atoms with Crippen molar-refractivity contribution in [2.24, 2.45) is 5.16 Å². The van der Waals surface area contributed by atoms with Crippen LogP contribution >= 0.6 is 11.5 Å². The van der Waals surface area contributed by atoms with Crippen molar-refractivity contribution in [2.75, 3.05) is 11.9 Å². The minimum Gasteiger partial charge on any atom is -0.481 e. The molecule has 18 heavy (non-hydrogen) atoms. The molecule has 0 unspecified atom stereocenters. The number of carbonyl (C=O) groups excluding carboxylic acids is 2. The average molecular weight is 271 g/mol. The van der Waals surface area contributed by atoms with E-state index in [4.69, 9.17) is 5.11 Å². The van der Waals surface area contributed by atoms with Crippen molar-refractivity contribution in [3.63, 3.8) is 0 Å². The molecule has 95 valence electrons. The Balaban J connectivity index is 2.63. The van der Waals surface area contributed by atoms with E-state index in [1.165, 1.54) is 6.29 Å². The normalized spacial score (nSPS) is 10.8. The Morgan fingerprint density at radius 2 is 2.44 bits per heavy atom. The van der Waals surface area contributed by atoms with Gasteiger partial charge in [-0.3, -0.25) is 14.4 Å². The summed E-state index contributed by atoms with van der Waals surface area (Å²) in [6.07, 6.45) is 1.61. The lowest BCUT2D eigenvalue weighted by Gasteiger charge is -1.95. The summed E-state index contributed by atoms with van der Waals surface area (Å²) >= 11 is 0.849. The molecule has 1 amide bonds. The van der Waals surface area contributed by atoms with E-state index in [1.807, 2.05) is 0 Å². The number of hydrogen-bond donors (Lipinski definition) is 2. The minimum atomic E-state index is -1.05. The molecule has 1 aromatic heterocycles. The van der Waals surface area contributed by atoms with E-state index in [2.05, 4.69) is 24.7 Å². The summed E-state index contributed by atoms with van der Waals surface area (Å²) in [5.41, 5.74) is -0.310. The number of anilines is 1. The number of hydrogen-bond acceptors (Lipinski definition) is 8. The highest BCUT2D eigenvalue weighted by Crippen LogP contribution is 2.10. The van der Waals surface area contributed by atoms with Gasteiger partial charge in [0.1, 0.15) is 6.61 Å². The molecule has 0 spiro atoms. The summed E-state index contributed by atoms with van der Waals surface area (Å²) in [5.74, 6) is -1.11. The number of carboxylic acids is 1. The van der Waals surface area contributed by atoms with Gasteiger partial charge in [0.05, 0.1) is 6.42 Å². The van der Waals surface area contributed by atoms with E-state index in [0.29, 0.717) is 6.41 Å². The van der Waals surface area contributed by atoms with E-state index in [0.717, 1.165) is 11.5 Å². The molecule has 1 rings (SSSR count). The molecule has 0 aliphatic carbocycles. The monoisotopic (exact) mass is 271 g/mol. The highest BCUT2D eigenvalue weighted by molar-refractivity contribution is 7.10. The second kappa shape index (κ2) is 7.06. The van der Waals surface area contributed by atoms with Crippen molar-refractivity contribution in [2.45, 2.75) is 6.42 Å². The Morgan fingerprint density at radius 1 is 1.67 bits per heavy atom. The number of aliphatic carboxylic acids is 1. The van der Waals surface area contributed by atoms with Crippen LogP contribution in [0.3, 0.4) is 0 Å². The summed E-state index contributed by atoms with van der Waals surface area (Å²) in [7, 11) is 0. The van der Waals surface area contributed by atoms with Crippen molar-refractivity contribution in [1.29, 1.82) is 0 Å². The van der Waals surface area contributed by atoms with Gasteiger partial charge < -0.3 is 15.3 Å². The fourth-order valence-corrected chi connectivity index (χ4v) is 1.31. The fourth-order valence-electron chi connectivity index (χ4n) is 0.777. The third kappa shape index (κ3) is 4.25. The van der Waals surface area contributed by atoms with Crippen LogP contribution in [-0.4, -0.2) is 45.4 Å². The molecule has 0 saturated heterocycles. The van der Waals surface area contributed by atoms with Gasteiger partial charge in [-0.2, -0.15) is 9.36 Å². The second-order valence-electron chi connectivity index (χ2n) is 2.70. The first-order chi connectivity index (χ1) is 8.67. The molecule has 9 nitrogen and oxygen atoms in total. The molecule has 0 bridgehead atoms. The summed E-state index contributed by atoms with van der Waals surface area (Å²) in [5, 5.41) is 14.1. The lowest BCUT2D eigenvalue weighted by Crippen LogP contribution is -2.07. The van der Waals surface area contributed by atoms with Gasteiger partial charge in [-0.05, 0) is 0 Å². The Morgan fingerprint density at radius 3 is 3.06 bits per heavy atom. The summed E-state index contributed by atoms with van der Waals surface area (Å²) < 4.78 is 3.74. The van der Waals surface area contributed by atoms with Gasteiger partial charge in [0.2, 0.25) is 17.4 Å². The van der Waals surface area contributed by atoms with Gasteiger partial charge in [-0.15, -0.1) is 0 Å². The molecule has 0 aliphatic rings. The van der Waals surface area contributed by atoms with Crippen LogP contribution in [-0.2, 0) is 19.2 Å². The van der Waals surface area contributed by atoms with Crippen LogP contribution in [0, 0.1) is 0 Å². The Kier molecular flexibility index (Phi) is 5.38. The summed E-state index contributed by atoms with van der Waals surface area (Å²) in [6, 6.07) is 0. The molecular formula is C8H7N4O5S. The molecule has 10 heteroatoms. The minimum absolute atomic E-state index is 0.0605. The van der Waals surface area contributed by atoms with Gasteiger partial charge in [0, 0.05) is 11.5 Å². The predicted octanol–water partition coefficient (Wildman–Crippen LogP) is -0.589. The molecule has 0 atom stereocenters. The van der Waals surface area contributed by atoms with Crippen molar-refractivity contribution in [3.05, 3.63) is 5.82 Å². The first kappa shape index (κ1) is 13.7. The number of aromatic nitrogens is 2. The topological polar surface area (TPSA) is 131 Å². The van der Waals surface area contributed by atoms with Crippen LogP contribution in [0.5, 0.6) is 0 Å². The maximum atomic E-state index is 10.6. The quantitative estimate of drug-likeness (QED) is 0.279.